The molecule has 0 radical (unpaired) electrons. The van der Waals surface area contributed by atoms with Crippen LogP contribution in [0.3, 0.4) is 0 Å². The van der Waals surface area contributed by atoms with Gasteiger partial charge < -0.3 is 44.2 Å². The van der Waals surface area contributed by atoms with Crippen molar-refractivity contribution >= 4 is 0 Å². The molecule has 2 atom stereocenters. The lowest BCUT2D eigenvalue weighted by Crippen LogP contribution is -3.00. The largest absolute Gasteiger partial charge is 1.00 e. The number of nitrogens with zero attached hydrogens (tertiary/aromatic N) is 2. The van der Waals surface area contributed by atoms with Crippen molar-refractivity contribution in [3.05, 3.63) is 60.2 Å². The maximum absolute atomic E-state index is 10.7. The second kappa shape index (κ2) is 21.8. The monoisotopic (exact) mass is 684 g/mol. The van der Waals surface area contributed by atoms with Crippen LogP contribution >= 0.6 is 0 Å². The Hall–Kier alpha value is -0.820. The van der Waals surface area contributed by atoms with Crippen LogP contribution in [0, 0.1) is 0 Å². The molecule has 2 rings (SSSR count). The molecule has 2 N–H and O–H groups in total. The summed E-state index contributed by atoms with van der Waals surface area (Å²) in [5.41, 5.74) is 0.640. The smallest absolute Gasteiger partial charge is 0.169 e. The van der Waals surface area contributed by atoms with Gasteiger partial charge in [0.2, 0.25) is 0 Å². The van der Waals surface area contributed by atoms with Gasteiger partial charge in [-0.1, -0.05) is 78.1 Å². The van der Waals surface area contributed by atoms with Gasteiger partial charge in [0.25, 0.3) is 0 Å². The topological polar surface area (TPSA) is 48.2 Å². The zero-order valence-electron chi connectivity index (χ0n) is 25.9. The van der Waals surface area contributed by atoms with Crippen LogP contribution in [0.25, 0.3) is 0 Å². The van der Waals surface area contributed by atoms with Gasteiger partial charge in [0, 0.05) is 37.1 Å². The van der Waals surface area contributed by atoms with E-state index >= 15 is 0 Å². The highest BCUT2D eigenvalue weighted by Crippen LogP contribution is 2.26. The van der Waals surface area contributed by atoms with E-state index in [9.17, 15) is 10.2 Å². The average molecular weight is 687 g/mol. The molecule has 40 heavy (non-hydrogen) atoms. The van der Waals surface area contributed by atoms with E-state index in [1.807, 2.05) is 13.8 Å². The lowest BCUT2D eigenvalue weighted by Gasteiger charge is -2.22. The standard InChI is InChI=1S/C34H58N2O2.2BrH/c1-5-7-23-33(3,37)31-19-27-35(28-20-31)25-17-15-13-11-9-10-12-14-16-18-26-36-29-21-32(22-30-36)34(4,38)24-8-6-2;;/h19-22,27-30,37-38H,5-18,23-26H2,1-4H3;2*1H/q+2;;/p-2. The van der Waals surface area contributed by atoms with Gasteiger partial charge in [0.15, 0.2) is 24.8 Å². The predicted octanol–water partition coefficient (Wildman–Crippen LogP) is 1.67. The number of aliphatic hydroxyl groups is 2. The summed E-state index contributed by atoms with van der Waals surface area (Å²) in [7, 11) is 0. The number of halogens is 2. The Morgan fingerprint density at radius 3 is 1.05 bits per heavy atom. The molecular formula is C34H58Br2N2O2. The number of aryl methyl sites for hydroxylation is 2. The zero-order chi connectivity index (χ0) is 27.7. The van der Waals surface area contributed by atoms with Gasteiger partial charge in [-0.2, -0.15) is 0 Å². The number of hydrogen-bond acceptors (Lipinski definition) is 2. The zero-order valence-corrected chi connectivity index (χ0v) is 29.1. The normalized spacial score (nSPS) is 14.1. The number of aromatic nitrogens is 2. The van der Waals surface area contributed by atoms with E-state index in [1.165, 1.54) is 64.2 Å². The second-order valence-electron chi connectivity index (χ2n) is 11.9. The van der Waals surface area contributed by atoms with E-state index in [0.717, 1.165) is 62.7 Å². The predicted molar refractivity (Wildman–Crippen MR) is 158 cm³/mol. The molecule has 0 aliphatic heterocycles. The van der Waals surface area contributed by atoms with Crippen LogP contribution in [0.15, 0.2) is 49.1 Å². The third kappa shape index (κ3) is 15.4. The molecule has 2 aromatic rings. The lowest BCUT2D eigenvalue weighted by molar-refractivity contribution is -0.697. The van der Waals surface area contributed by atoms with Crippen molar-refractivity contribution in [2.24, 2.45) is 0 Å². The van der Waals surface area contributed by atoms with Gasteiger partial charge in [-0.05, 0) is 50.7 Å². The fraction of sp³-hybridized carbons (Fsp3) is 0.706. The lowest BCUT2D eigenvalue weighted by atomic mass is 9.91. The van der Waals surface area contributed by atoms with Crippen LogP contribution in [0.4, 0.5) is 0 Å². The minimum Gasteiger partial charge on any atom is -1.00 e. The molecule has 2 unspecified atom stereocenters. The molecule has 0 spiro atoms. The molecule has 0 bridgehead atoms. The SMILES string of the molecule is CCCCC(C)(O)c1cc[n+](CCCCCCCCCCCC[n+]2ccc(C(C)(O)CCCC)cc2)cc1.[Br-].[Br-]. The van der Waals surface area contributed by atoms with Crippen molar-refractivity contribution < 1.29 is 53.3 Å². The Morgan fingerprint density at radius 2 is 0.775 bits per heavy atom. The fourth-order valence-corrected chi connectivity index (χ4v) is 5.26. The molecule has 0 amide bonds. The van der Waals surface area contributed by atoms with Gasteiger partial charge in [0.05, 0.1) is 11.2 Å². The van der Waals surface area contributed by atoms with Crippen LogP contribution in [0.5, 0.6) is 0 Å². The van der Waals surface area contributed by atoms with E-state index in [1.54, 1.807) is 0 Å². The first kappa shape index (κ1) is 39.2. The fourth-order valence-electron chi connectivity index (χ4n) is 5.26. The summed E-state index contributed by atoms with van der Waals surface area (Å²) >= 11 is 0. The first-order valence-corrected chi connectivity index (χ1v) is 15.7. The van der Waals surface area contributed by atoms with Crippen molar-refractivity contribution in [1.29, 1.82) is 0 Å². The van der Waals surface area contributed by atoms with Gasteiger partial charge in [0.1, 0.15) is 13.1 Å². The molecule has 4 nitrogen and oxygen atoms in total. The highest BCUT2D eigenvalue weighted by Gasteiger charge is 2.24. The Morgan fingerprint density at radius 1 is 0.500 bits per heavy atom. The Kier molecular flexibility index (Phi) is 21.4. The first-order valence-electron chi connectivity index (χ1n) is 15.7. The number of unbranched alkanes of at least 4 members (excludes halogenated alkanes) is 11. The minimum atomic E-state index is -0.711. The van der Waals surface area contributed by atoms with Crippen LogP contribution < -0.4 is 43.1 Å². The van der Waals surface area contributed by atoms with E-state index in [0.29, 0.717) is 0 Å². The molecule has 230 valence electrons. The van der Waals surface area contributed by atoms with Gasteiger partial charge in [-0.15, -0.1) is 0 Å². The van der Waals surface area contributed by atoms with Gasteiger partial charge in [-0.25, -0.2) is 9.13 Å². The molecule has 0 aliphatic carbocycles. The quantitative estimate of drug-likeness (QED) is 0.155. The third-order valence-electron chi connectivity index (χ3n) is 8.14. The van der Waals surface area contributed by atoms with Crippen LogP contribution in [-0.4, -0.2) is 10.2 Å². The Bertz CT molecular complexity index is 797. The van der Waals surface area contributed by atoms with Crippen LogP contribution in [-0.2, 0) is 24.3 Å². The molecule has 0 fully saturated rings. The minimum absolute atomic E-state index is 0. The van der Waals surface area contributed by atoms with E-state index < -0.39 is 11.2 Å². The van der Waals surface area contributed by atoms with Crippen LogP contribution in [0.2, 0.25) is 0 Å². The van der Waals surface area contributed by atoms with Gasteiger partial charge in [-0.3, -0.25) is 0 Å². The molecule has 0 aromatic carbocycles. The number of pyridine rings is 2. The third-order valence-corrected chi connectivity index (χ3v) is 8.14. The molecule has 2 heterocycles. The van der Waals surface area contributed by atoms with Gasteiger partial charge >= 0.3 is 0 Å². The summed E-state index contributed by atoms with van der Waals surface area (Å²) in [5, 5.41) is 21.3. The highest BCUT2D eigenvalue weighted by atomic mass is 79.9. The Labute approximate surface area is 267 Å². The second-order valence-corrected chi connectivity index (χ2v) is 11.9. The summed E-state index contributed by atoms with van der Waals surface area (Å²) < 4.78 is 4.51. The summed E-state index contributed by atoms with van der Waals surface area (Å²) in [5.74, 6) is 0. The molecular weight excluding hydrogens is 628 g/mol. The Balaban J connectivity index is 0.00000760. The van der Waals surface area contributed by atoms with Crippen molar-refractivity contribution in [3.8, 4) is 0 Å². The number of rotatable bonds is 21. The van der Waals surface area contributed by atoms with Crippen molar-refractivity contribution in [2.45, 2.75) is 155 Å². The maximum Gasteiger partial charge on any atom is 0.169 e. The summed E-state index contributed by atoms with van der Waals surface area (Å²) in [6.45, 7) is 10.3. The maximum atomic E-state index is 10.7. The van der Waals surface area contributed by atoms with E-state index in [4.69, 9.17) is 0 Å². The van der Waals surface area contributed by atoms with E-state index in [-0.39, 0.29) is 34.0 Å². The molecule has 0 saturated carbocycles. The average Bonchev–Trinajstić information content (AvgIpc) is 2.92. The summed E-state index contributed by atoms with van der Waals surface area (Å²) in [4.78, 5) is 0. The molecule has 2 aromatic heterocycles. The highest BCUT2D eigenvalue weighted by molar-refractivity contribution is 5.16. The molecule has 0 saturated heterocycles. The van der Waals surface area contributed by atoms with E-state index in [2.05, 4.69) is 72.0 Å². The number of hydrogen-bond donors (Lipinski definition) is 2. The first-order chi connectivity index (χ1) is 18.3. The van der Waals surface area contributed by atoms with Crippen molar-refractivity contribution in [2.75, 3.05) is 0 Å². The van der Waals surface area contributed by atoms with Crippen molar-refractivity contribution in [1.82, 2.24) is 0 Å². The summed E-state index contributed by atoms with van der Waals surface area (Å²) in [6, 6.07) is 8.35. The molecule has 6 heteroatoms. The van der Waals surface area contributed by atoms with Crippen LogP contribution in [0.1, 0.15) is 142 Å². The van der Waals surface area contributed by atoms with Crippen molar-refractivity contribution in [3.63, 3.8) is 0 Å². The molecule has 0 aliphatic rings. The summed E-state index contributed by atoms with van der Waals surface area (Å²) in [6.07, 6.45) is 27.7.